The van der Waals surface area contributed by atoms with E-state index in [0.29, 0.717) is 0 Å². The number of rotatable bonds is 6. The van der Waals surface area contributed by atoms with Crippen LogP contribution in [0.25, 0.3) is 0 Å². The minimum Gasteiger partial charge on any atom is -0.370 e. The molecule has 1 saturated carbocycles. The zero-order valence-corrected chi connectivity index (χ0v) is 10.9. The van der Waals surface area contributed by atoms with Gasteiger partial charge in [0.1, 0.15) is 5.82 Å². The predicted octanol–water partition coefficient (Wildman–Crippen LogP) is 3.03. The Morgan fingerprint density at radius 3 is 2.83 bits per heavy atom. The number of hydrogen-bond acceptors (Lipinski definition) is 3. The molecule has 2 N–H and O–H groups in total. The van der Waals surface area contributed by atoms with Crippen molar-refractivity contribution in [1.29, 1.82) is 0 Å². The molecule has 0 unspecified atom stereocenters. The van der Waals surface area contributed by atoms with Crippen LogP contribution in [0.1, 0.15) is 39.0 Å². The molecular formula is C14H21N3O. The molecule has 0 atom stereocenters. The third-order valence-electron chi connectivity index (χ3n) is 3.34. The van der Waals surface area contributed by atoms with Gasteiger partial charge in [-0.25, -0.2) is 4.98 Å². The lowest BCUT2D eigenvalue weighted by Gasteiger charge is -2.23. The molecule has 1 amide bonds. The summed E-state index contributed by atoms with van der Waals surface area (Å²) in [6, 6.07) is 3.81. The summed E-state index contributed by atoms with van der Waals surface area (Å²) in [5, 5.41) is 6.16. The van der Waals surface area contributed by atoms with E-state index in [1.165, 1.54) is 12.8 Å². The summed E-state index contributed by atoms with van der Waals surface area (Å²) in [5.41, 5.74) is 0.785. The number of anilines is 2. The molecule has 1 aromatic rings. The molecule has 0 saturated heterocycles. The van der Waals surface area contributed by atoms with Crippen LogP contribution in [0, 0.1) is 5.92 Å². The molecule has 1 aliphatic carbocycles. The highest BCUT2D eigenvalue weighted by atomic mass is 16.1. The number of nitrogens with one attached hydrogen (secondary N) is 2. The summed E-state index contributed by atoms with van der Waals surface area (Å²) in [7, 11) is 0. The Hall–Kier alpha value is -1.58. The van der Waals surface area contributed by atoms with Gasteiger partial charge in [-0.05, 0) is 31.4 Å². The first-order valence-electron chi connectivity index (χ1n) is 6.80. The summed E-state index contributed by atoms with van der Waals surface area (Å²) in [6.07, 6.45) is 7.25. The largest absolute Gasteiger partial charge is 0.370 e. The van der Waals surface area contributed by atoms with Crippen molar-refractivity contribution in [2.75, 3.05) is 17.2 Å². The minimum absolute atomic E-state index is 0.134. The van der Waals surface area contributed by atoms with Crippen LogP contribution >= 0.6 is 0 Å². The van der Waals surface area contributed by atoms with Gasteiger partial charge in [0.15, 0.2) is 0 Å². The monoisotopic (exact) mass is 247 g/mol. The highest BCUT2D eigenvalue weighted by Crippen LogP contribution is 2.27. The van der Waals surface area contributed by atoms with Gasteiger partial charge in [-0.15, -0.1) is 0 Å². The van der Waals surface area contributed by atoms with E-state index in [2.05, 4.69) is 22.5 Å². The van der Waals surface area contributed by atoms with E-state index in [1.54, 1.807) is 6.20 Å². The summed E-state index contributed by atoms with van der Waals surface area (Å²) < 4.78 is 0. The Bertz CT molecular complexity index is 385. The molecule has 2 rings (SSSR count). The quantitative estimate of drug-likeness (QED) is 0.760. The van der Waals surface area contributed by atoms with Crippen molar-refractivity contribution in [2.45, 2.75) is 39.0 Å². The lowest BCUT2D eigenvalue weighted by atomic mass is 9.85. The number of pyridine rings is 1. The molecule has 0 aromatic carbocycles. The molecule has 4 heteroatoms. The molecule has 4 nitrogen and oxygen atoms in total. The van der Waals surface area contributed by atoms with Crippen LogP contribution in [0.5, 0.6) is 0 Å². The van der Waals surface area contributed by atoms with Gasteiger partial charge in [-0.1, -0.05) is 19.8 Å². The van der Waals surface area contributed by atoms with Gasteiger partial charge in [-0.3, -0.25) is 4.79 Å². The van der Waals surface area contributed by atoms with E-state index in [4.69, 9.17) is 0 Å². The van der Waals surface area contributed by atoms with Crippen LogP contribution in [-0.4, -0.2) is 17.4 Å². The summed E-state index contributed by atoms with van der Waals surface area (Å²) in [4.78, 5) is 16.0. The fourth-order valence-electron chi connectivity index (χ4n) is 1.88. The molecule has 1 heterocycles. The second-order valence-electron chi connectivity index (χ2n) is 4.83. The van der Waals surface area contributed by atoms with Gasteiger partial charge in [0.05, 0.1) is 11.9 Å². The molecule has 98 valence electrons. The highest BCUT2D eigenvalue weighted by Gasteiger charge is 2.25. The lowest BCUT2D eigenvalue weighted by Crippen LogP contribution is -2.28. The molecule has 0 spiro atoms. The van der Waals surface area contributed by atoms with Crippen molar-refractivity contribution >= 4 is 17.4 Å². The van der Waals surface area contributed by atoms with E-state index in [0.717, 1.165) is 37.3 Å². The van der Waals surface area contributed by atoms with Gasteiger partial charge in [0.2, 0.25) is 5.91 Å². The molecule has 1 aromatic heterocycles. The van der Waals surface area contributed by atoms with Crippen LogP contribution in [0.4, 0.5) is 11.5 Å². The van der Waals surface area contributed by atoms with Crippen molar-refractivity contribution in [3.63, 3.8) is 0 Å². The predicted molar refractivity (Wildman–Crippen MR) is 73.6 cm³/mol. The maximum atomic E-state index is 11.7. The van der Waals surface area contributed by atoms with Crippen molar-refractivity contribution in [3.05, 3.63) is 18.3 Å². The van der Waals surface area contributed by atoms with E-state index in [9.17, 15) is 4.79 Å². The first-order chi connectivity index (χ1) is 8.79. The third kappa shape index (κ3) is 3.45. The topological polar surface area (TPSA) is 54.0 Å². The summed E-state index contributed by atoms with van der Waals surface area (Å²) in [6.45, 7) is 3.10. The SMILES string of the molecule is CCCCNc1ccc(NC(=O)C2CCC2)cn1. The van der Waals surface area contributed by atoms with Crippen molar-refractivity contribution < 1.29 is 4.79 Å². The molecular weight excluding hydrogens is 226 g/mol. The van der Waals surface area contributed by atoms with Gasteiger partial charge in [-0.2, -0.15) is 0 Å². The van der Waals surface area contributed by atoms with Gasteiger partial charge >= 0.3 is 0 Å². The zero-order valence-electron chi connectivity index (χ0n) is 10.9. The maximum Gasteiger partial charge on any atom is 0.227 e. The minimum atomic E-state index is 0.134. The van der Waals surface area contributed by atoms with Crippen molar-refractivity contribution in [2.24, 2.45) is 5.92 Å². The molecule has 1 fully saturated rings. The van der Waals surface area contributed by atoms with E-state index in [-0.39, 0.29) is 11.8 Å². The first kappa shape index (κ1) is 12.9. The molecule has 0 bridgehead atoms. The Morgan fingerprint density at radius 2 is 2.28 bits per heavy atom. The van der Waals surface area contributed by atoms with E-state index >= 15 is 0 Å². The number of aromatic nitrogens is 1. The van der Waals surface area contributed by atoms with Crippen molar-refractivity contribution in [1.82, 2.24) is 4.98 Å². The average Bonchev–Trinajstić information content (AvgIpc) is 2.29. The molecule has 1 aliphatic rings. The summed E-state index contributed by atoms with van der Waals surface area (Å²) >= 11 is 0. The van der Waals surface area contributed by atoms with Crippen LogP contribution in [0.2, 0.25) is 0 Å². The number of nitrogens with zero attached hydrogens (tertiary/aromatic N) is 1. The second-order valence-corrected chi connectivity index (χ2v) is 4.83. The van der Waals surface area contributed by atoms with E-state index in [1.807, 2.05) is 12.1 Å². The van der Waals surface area contributed by atoms with E-state index < -0.39 is 0 Å². The number of amides is 1. The number of carbonyl (C=O) groups excluding carboxylic acids is 1. The number of unbranched alkanes of at least 4 members (excludes halogenated alkanes) is 1. The first-order valence-corrected chi connectivity index (χ1v) is 6.80. The van der Waals surface area contributed by atoms with Crippen LogP contribution in [-0.2, 0) is 4.79 Å². The number of hydrogen-bond donors (Lipinski definition) is 2. The average molecular weight is 247 g/mol. The summed E-state index contributed by atoms with van der Waals surface area (Å²) in [5.74, 6) is 1.21. The third-order valence-corrected chi connectivity index (χ3v) is 3.34. The number of carbonyl (C=O) groups is 1. The van der Waals surface area contributed by atoms with Gasteiger partial charge in [0.25, 0.3) is 0 Å². The van der Waals surface area contributed by atoms with Crippen LogP contribution < -0.4 is 10.6 Å². The Labute approximate surface area is 108 Å². The van der Waals surface area contributed by atoms with Crippen molar-refractivity contribution in [3.8, 4) is 0 Å². The highest BCUT2D eigenvalue weighted by molar-refractivity contribution is 5.92. The smallest absolute Gasteiger partial charge is 0.227 e. The zero-order chi connectivity index (χ0) is 12.8. The standard InChI is InChI=1S/C14H21N3O/c1-2-3-9-15-13-8-7-12(10-16-13)17-14(18)11-5-4-6-11/h7-8,10-11H,2-6,9H2,1H3,(H,15,16)(H,17,18). The van der Waals surface area contributed by atoms with Crippen LogP contribution in [0.3, 0.4) is 0 Å². The lowest BCUT2D eigenvalue weighted by molar-refractivity contribution is -0.122. The molecule has 18 heavy (non-hydrogen) atoms. The second kappa shape index (κ2) is 6.38. The fourth-order valence-corrected chi connectivity index (χ4v) is 1.88. The molecule has 0 radical (unpaired) electrons. The normalized spacial score (nSPS) is 14.9. The maximum absolute atomic E-state index is 11.7. The van der Waals surface area contributed by atoms with Gasteiger partial charge in [0, 0.05) is 12.5 Å². The molecule has 0 aliphatic heterocycles. The Kier molecular flexibility index (Phi) is 4.56. The Morgan fingerprint density at radius 1 is 1.44 bits per heavy atom. The Balaban J connectivity index is 1.81. The van der Waals surface area contributed by atoms with Crippen LogP contribution in [0.15, 0.2) is 18.3 Å². The fraction of sp³-hybridized carbons (Fsp3) is 0.571. The van der Waals surface area contributed by atoms with Gasteiger partial charge < -0.3 is 10.6 Å².